The van der Waals surface area contributed by atoms with E-state index in [0.29, 0.717) is 11.7 Å². The molecular weight excluding hydrogens is 385 g/mol. The van der Waals surface area contributed by atoms with E-state index >= 15 is 0 Å². The van der Waals surface area contributed by atoms with E-state index in [1.54, 1.807) is 0 Å². The number of benzene rings is 4. The Kier molecular flexibility index (Phi) is 5.42. The van der Waals surface area contributed by atoms with E-state index in [2.05, 4.69) is 36.4 Å². The van der Waals surface area contributed by atoms with Crippen LogP contribution in [0.3, 0.4) is 0 Å². The molecule has 0 aromatic heterocycles. The van der Waals surface area contributed by atoms with Crippen LogP contribution in [0.2, 0.25) is 0 Å². The van der Waals surface area contributed by atoms with Crippen LogP contribution >= 0.6 is 7.26 Å². The van der Waals surface area contributed by atoms with Gasteiger partial charge in [-0.25, -0.2) is 4.39 Å². The van der Waals surface area contributed by atoms with E-state index in [1.165, 1.54) is 6.07 Å². The maximum atomic E-state index is 14.2. The zero-order chi connectivity index (χ0) is 20.3. The summed E-state index contributed by atoms with van der Waals surface area (Å²) < 4.78 is 27.8. The number of aromatic hydroxyl groups is 1. The highest BCUT2D eigenvalue weighted by atomic mass is 31.2. The van der Waals surface area contributed by atoms with Gasteiger partial charge in [-0.05, 0) is 48.5 Å². The van der Waals surface area contributed by atoms with Crippen LogP contribution in [0.5, 0.6) is 5.75 Å². The SMILES string of the molecule is Oc1c(C[P+](c2ccccc2)(c2ccccc2)c2ccccc2)ccc(F)c1F. The van der Waals surface area contributed by atoms with E-state index in [-0.39, 0.29) is 0 Å². The molecule has 144 valence electrons. The quantitative estimate of drug-likeness (QED) is 0.455. The molecule has 0 amide bonds. The van der Waals surface area contributed by atoms with Gasteiger partial charge in [0.05, 0.1) is 0 Å². The smallest absolute Gasteiger partial charge is 0.200 e. The van der Waals surface area contributed by atoms with E-state index in [0.717, 1.165) is 22.0 Å². The maximum absolute atomic E-state index is 14.2. The van der Waals surface area contributed by atoms with E-state index < -0.39 is 24.6 Å². The number of rotatable bonds is 5. The normalized spacial score (nSPS) is 11.4. The van der Waals surface area contributed by atoms with Gasteiger partial charge in [-0.1, -0.05) is 54.6 Å². The fraction of sp³-hybridized carbons (Fsp3) is 0.0400. The van der Waals surface area contributed by atoms with Crippen LogP contribution in [0.1, 0.15) is 5.56 Å². The summed E-state index contributed by atoms with van der Waals surface area (Å²) in [5.41, 5.74) is 0.397. The molecule has 0 spiro atoms. The Morgan fingerprint density at radius 2 is 1.00 bits per heavy atom. The molecule has 1 N–H and O–H groups in total. The first-order chi connectivity index (χ1) is 14.1. The highest BCUT2D eigenvalue weighted by molar-refractivity contribution is 7.95. The highest BCUT2D eigenvalue weighted by Crippen LogP contribution is 2.59. The lowest BCUT2D eigenvalue weighted by Crippen LogP contribution is -2.32. The summed E-state index contributed by atoms with van der Waals surface area (Å²) in [6.07, 6.45) is 0.383. The Hall–Kier alpha value is -3.03. The third kappa shape index (κ3) is 3.54. The van der Waals surface area contributed by atoms with Crippen molar-refractivity contribution in [1.82, 2.24) is 0 Å². The maximum Gasteiger partial charge on any atom is 0.200 e. The summed E-state index contributed by atoms with van der Waals surface area (Å²) in [5, 5.41) is 13.7. The van der Waals surface area contributed by atoms with Crippen molar-refractivity contribution in [1.29, 1.82) is 0 Å². The lowest BCUT2D eigenvalue weighted by atomic mass is 10.2. The summed E-state index contributed by atoms with van der Waals surface area (Å²) in [6.45, 7) is 0. The Morgan fingerprint density at radius 3 is 1.41 bits per heavy atom. The van der Waals surface area contributed by atoms with E-state index in [1.807, 2.05) is 54.6 Å². The van der Waals surface area contributed by atoms with Crippen molar-refractivity contribution in [2.45, 2.75) is 6.16 Å². The number of phenolic OH excluding ortho intramolecular Hbond substituents is 1. The molecule has 0 heterocycles. The first-order valence-corrected chi connectivity index (χ1v) is 11.3. The minimum absolute atomic E-state index is 0.383. The van der Waals surface area contributed by atoms with Gasteiger partial charge in [0, 0.05) is 5.56 Å². The topological polar surface area (TPSA) is 20.2 Å². The third-order valence-corrected chi connectivity index (χ3v) is 9.51. The molecule has 1 nitrogen and oxygen atoms in total. The predicted molar refractivity (Wildman–Crippen MR) is 117 cm³/mol. The number of hydrogen-bond acceptors (Lipinski definition) is 1. The Bertz CT molecular complexity index is 1000. The van der Waals surface area contributed by atoms with Gasteiger partial charge in [0.25, 0.3) is 0 Å². The fourth-order valence-electron chi connectivity index (χ4n) is 3.73. The first kappa shape index (κ1) is 19.3. The van der Waals surface area contributed by atoms with Crippen LogP contribution in [-0.2, 0) is 6.16 Å². The summed E-state index contributed by atoms with van der Waals surface area (Å²) >= 11 is 0. The van der Waals surface area contributed by atoms with Crippen molar-refractivity contribution < 1.29 is 13.9 Å². The Labute approximate surface area is 169 Å². The standard InChI is InChI=1S/C25H19F2OP/c26-23-17-16-19(25(28)24(23)27)18-29(20-10-4-1-5-11-20,21-12-6-2-7-13-21)22-14-8-3-9-15-22/h1-17H,18H2/p+1. The average Bonchev–Trinajstić information content (AvgIpc) is 2.79. The molecule has 4 heteroatoms. The summed E-state index contributed by atoms with van der Waals surface area (Å²) in [4.78, 5) is 0. The van der Waals surface area contributed by atoms with Crippen LogP contribution in [0.25, 0.3) is 0 Å². The van der Waals surface area contributed by atoms with Crippen LogP contribution in [0, 0.1) is 11.6 Å². The molecule has 0 aliphatic rings. The second-order valence-electron chi connectivity index (χ2n) is 6.84. The van der Waals surface area contributed by atoms with Gasteiger partial charge in [0.15, 0.2) is 11.6 Å². The van der Waals surface area contributed by atoms with Crippen molar-refractivity contribution in [3.05, 3.63) is 120 Å². The van der Waals surface area contributed by atoms with Gasteiger partial charge in [-0.3, -0.25) is 0 Å². The van der Waals surface area contributed by atoms with Crippen molar-refractivity contribution in [2.24, 2.45) is 0 Å². The Morgan fingerprint density at radius 1 is 0.586 bits per heavy atom. The number of hydrogen-bond donors (Lipinski definition) is 1. The van der Waals surface area contributed by atoms with Crippen molar-refractivity contribution in [3.8, 4) is 5.75 Å². The molecule has 4 rings (SSSR count). The van der Waals surface area contributed by atoms with E-state index in [4.69, 9.17) is 0 Å². The monoisotopic (exact) mass is 405 g/mol. The molecule has 0 bridgehead atoms. The van der Waals surface area contributed by atoms with Crippen LogP contribution in [0.4, 0.5) is 8.78 Å². The fourth-order valence-corrected chi connectivity index (χ4v) is 7.98. The molecule has 29 heavy (non-hydrogen) atoms. The number of halogens is 2. The molecule has 0 saturated carbocycles. The molecule has 0 fully saturated rings. The van der Waals surface area contributed by atoms with Crippen molar-refractivity contribution in [3.63, 3.8) is 0 Å². The lowest BCUT2D eigenvalue weighted by Gasteiger charge is -2.28. The molecule has 0 atom stereocenters. The molecular formula is C25H20F2OP+. The van der Waals surface area contributed by atoms with E-state index in [9.17, 15) is 13.9 Å². The van der Waals surface area contributed by atoms with Gasteiger partial charge in [-0.2, -0.15) is 4.39 Å². The molecule has 4 aromatic rings. The Balaban J connectivity index is 2.02. The predicted octanol–water partition coefficient (Wildman–Crippen LogP) is 5.16. The van der Waals surface area contributed by atoms with Crippen molar-refractivity contribution >= 4 is 23.2 Å². The van der Waals surface area contributed by atoms with Gasteiger partial charge in [0.1, 0.15) is 29.3 Å². The zero-order valence-electron chi connectivity index (χ0n) is 15.7. The molecule has 0 saturated heterocycles. The second kappa shape index (κ2) is 8.14. The van der Waals surface area contributed by atoms with Crippen molar-refractivity contribution in [2.75, 3.05) is 0 Å². The minimum Gasteiger partial charge on any atom is -0.504 e. The molecule has 0 unspecified atom stereocenters. The highest BCUT2D eigenvalue weighted by Gasteiger charge is 2.46. The second-order valence-corrected chi connectivity index (χ2v) is 10.3. The van der Waals surface area contributed by atoms with Gasteiger partial charge >= 0.3 is 0 Å². The van der Waals surface area contributed by atoms with Crippen LogP contribution in [-0.4, -0.2) is 5.11 Å². The third-order valence-electron chi connectivity index (χ3n) is 5.15. The van der Waals surface area contributed by atoms with Gasteiger partial charge in [-0.15, -0.1) is 0 Å². The largest absolute Gasteiger partial charge is 0.504 e. The molecule has 0 aliphatic carbocycles. The molecule has 0 aliphatic heterocycles. The molecule has 4 aromatic carbocycles. The zero-order valence-corrected chi connectivity index (χ0v) is 16.6. The summed E-state index contributed by atoms with van der Waals surface area (Å²) in [7, 11) is -2.29. The summed E-state index contributed by atoms with van der Waals surface area (Å²) in [5.74, 6) is -2.86. The number of phenols is 1. The van der Waals surface area contributed by atoms with Gasteiger partial charge in [0.2, 0.25) is 5.82 Å². The van der Waals surface area contributed by atoms with Gasteiger partial charge < -0.3 is 5.11 Å². The summed E-state index contributed by atoms with van der Waals surface area (Å²) in [6, 6.07) is 32.8. The first-order valence-electron chi connectivity index (χ1n) is 9.33. The lowest BCUT2D eigenvalue weighted by molar-refractivity contribution is 0.403. The minimum atomic E-state index is -2.29. The molecule has 0 radical (unpaired) electrons. The van der Waals surface area contributed by atoms with Crippen LogP contribution in [0.15, 0.2) is 103 Å². The average molecular weight is 405 g/mol. The van der Waals surface area contributed by atoms with Crippen LogP contribution < -0.4 is 15.9 Å².